The molecule has 0 aliphatic heterocycles. The number of carbonyl (C=O) groups is 1. The van der Waals surface area contributed by atoms with Gasteiger partial charge < -0.3 is 10.2 Å². The summed E-state index contributed by atoms with van der Waals surface area (Å²) >= 11 is 0. The maximum Gasteiger partial charge on any atom is 0.149 e. The van der Waals surface area contributed by atoms with Gasteiger partial charge in [0.1, 0.15) is 12.0 Å². The van der Waals surface area contributed by atoms with Gasteiger partial charge in [-0.1, -0.05) is 13.2 Å². The van der Waals surface area contributed by atoms with E-state index in [1.807, 2.05) is 0 Å². The highest BCUT2D eigenvalue weighted by atomic mass is 16.3. The molecule has 0 spiro atoms. The zero-order valence-corrected chi connectivity index (χ0v) is 6.08. The Morgan fingerprint density at radius 2 is 2.09 bits per heavy atom. The minimum absolute atomic E-state index is 0.0601. The standard InChI is InChI=1S/C8H10O3/c1-3-8(11)7(5-10)6(2)4-9/h3-4,10-11H,1-2,5H2. The van der Waals surface area contributed by atoms with Crippen molar-refractivity contribution in [3.8, 4) is 0 Å². The van der Waals surface area contributed by atoms with Gasteiger partial charge in [0.05, 0.1) is 6.61 Å². The lowest BCUT2D eigenvalue weighted by molar-refractivity contribution is -0.104. The number of aldehydes is 1. The molecular formula is C8H10O3. The second-order valence-electron chi connectivity index (χ2n) is 1.87. The number of aliphatic hydroxyl groups is 2. The molecule has 0 radical (unpaired) electrons. The van der Waals surface area contributed by atoms with E-state index in [1.165, 1.54) is 0 Å². The first-order valence-electron chi connectivity index (χ1n) is 2.97. The van der Waals surface area contributed by atoms with Gasteiger partial charge in [0, 0.05) is 11.1 Å². The zero-order valence-electron chi connectivity index (χ0n) is 6.08. The summed E-state index contributed by atoms with van der Waals surface area (Å²) in [6, 6.07) is 0. The molecule has 0 saturated heterocycles. The summed E-state index contributed by atoms with van der Waals surface area (Å²) < 4.78 is 0. The number of hydrogen-bond donors (Lipinski definition) is 2. The van der Waals surface area contributed by atoms with Crippen LogP contribution in [0.3, 0.4) is 0 Å². The normalized spacial score (nSPS) is 11.7. The Morgan fingerprint density at radius 3 is 2.36 bits per heavy atom. The van der Waals surface area contributed by atoms with Crippen LogP contribution < -0.4 is 0 Å². The monoisotopic (exact) mass is 154 g/mol. The fourth-order valence-corrected chi connectivity index (χ4v) is 0.541. The Morgan fingerprint density at radius 1 is 1.55 bits per heavy atom. The van der Waals surface area contributed by atoms with Crippen molar-refractivity contribution in [3.63, 3.8) is 0 Å². The van der Waals surface area contributed by atoms with Crippen molar-refractivity contribution >= 4 is 6.29 Å². The molecule has 0 bridgehead atoms. The van der Waals surface area contributed by atoms with Crippen molar-refractivity contribution in [3.05, 3.63) is 36.1 Å². The quantitative estimate of drug-likeness (QED) is 0.271. The second-order valence-corrected chi connectivity index (χ2v) is 1.87. The molecule has 0 atom stereocenters. The topological polar surface area (TPSA) is 57.5 Å². The van der Waals surface area contributed by atoms with E-state index in [4.69, 9.17) is 10.2 Å². The predicted octanol–water partition coefficient (Wildman–Crippen LogP) is 0.732. The second kappa shape index (κ2) is 4.46. The summed E-state index contributed by atoms with van der Waals surface area (Å²) in [7, 11) is 0. The summed E-state index contributed by atoms with van der Waals surface area (Å²) in [5, 5.41) is 17.6. The molecule has 0 aromatic rings. The number of allylic oxidation sites excluding steroid dienone is 1. The van der Waals surface area contributed by atoms with Gasteiger partial charge in [-0.05, 0) is 6.08 Å². The minimum atomic E-state index is -0.421. The van der Waals surface area contributed by atoms with Crippen LogP contribution in [0.2, 0.25) is 0 Å². The molecule has 0 aromatic heterocycles. The molecule has 0 saturated carbocycles. The maximum atomic E-state index is 10.1. The van der Waals surface area contributed by atoms with E-state index in [1.54, 1.807) is 0 Å². The van der Waals surface area contributed by atoms with E-state index in [0.29, 0.717) is 6.29 Å². The molecule has 0 unspecified atom stereocenters. The lowest BCUT2D eigenvalue weighted by atomic mass is 10.1. The average Bonchev–Trinajstić information content (AvgIpc) is 2.05. The van der Waals surface area contributed by atoms with Crippen LogP contribution in [0.4, 0.5) is 0 Å². The summed E-state index contributed by atoms with van der Waals surface area (Å²) in [4.78, 5) is 10.1. The van der Waals surface area contributed by atoms with Crippen LogP contribution in [0.5, 0.6) is 0 Å². The zero-order chi connectivity index (χ0) is 8.85. The Balaban J connectivity index is 4.78. The molecule has 3 nitrogen and oxygen atoms in total. The lowest BCUT2D eigenvalue weighted by Gasteiger charge is -2.01. The molecule has 0 amide bonds. The fourth-order valence-electron chi connectivity index (χ4n) is 0.541. The maximum absolute atomic E-state index is 10.1. The highest BCUT2D eigenvalue weighted by molar-refractivity contribution is 5.79. The van der Waals surface area contributed by atoms with Gasteiger partial charge in [0.25, 0.3) is 0 Å². The van der Waals surface area contributed by atoms with Crippen LogP contribution in [0.15, 0.2) is 36.1 Å². The Hall–Kier alpha value is -1.35. The molecular weight excluding hydrogens is 144 g/mol. The van der Waals surface area contributed by atoms with Crippen molar-refractivity contribution in [1.29, 1.82) is 0 Å². The SMILES string of the molecule is C=CC(O)=C(CO)C(=C)C=O. The molecule has 0 aromatic carbocycles. The van der Waals surface area contributed by atoms with E-state index in [2.05, 4.69) is 13.2 Å². The van der Waals surface area contributed by atoms with Gasteiger partial charge in [0.2, 0.25) is 0 Å². The van der Waals surface area contributed by atoms with E-state index < -0.39 is 6.61 Å². The van der Waals surface area contributed by atoms with Crippen LogP contribution in [-0.4, -0.2) is 23.1 Å². The van der Waals surface area contributed by atoms with Crippen molar-refractivity contribution < 1.29 is 15.0 Å². The van der Waals surface area contributed by atoms with E-state index in [9.17, 15) is 4.79 Å². The molecule has 0 aliphatic rings. The number of hydrogen-bond acceptors (Lipinski definition) is 3. The van der Waals surface area contributed by atoms with Crippen LogP contribution in [0, 0.1) is 0 Å². The van der Waals surface area contributed by atoms with Gasteiger partial charge in [-0.2, -0.15) is 0 Å². The largest absolute Gasteiger partial charge is 0.508 e. The Bertz CT molecular complexity index is 213. The summed E-state index contributed by atoms with van der Waals surface area (Å²) in [6.45, 7) is 6.17. The third-order valence-electron chi connectivity index (χ3n) is 1.19. The van der Waals surface area contributed by atoms with Crippen LogP contribution in [-0.2, 0) is 4.79 Å². The smallest absolute Gasteiger partial charge is 0.149 e. The van der Waals surface area contributed by atoms with Crippen molar-refractivity contribution in [2.24, 2.45) is 0 Å². The number of rotatable bonds is 4. The first kappa shape index (κ1) is 9.65. The molecule has 0 aliphatic carbocycles. The number of carbonyl (C=O) groups excluding carboxylic acids is 1. The first-order valence-corrected chi connectivity index (χ1v) is 2.97. The van der Waals surface area contributed by atoms with Gasteiger partial charge in [-0.3, -0.25) is 4.79 Å². The average molecular weight is 154 g/mol. The van der Waals surface area contributed by atoms with Gasteiger partial charge >= 0.3 is 0 Å². The molecule has 60 valence electrons. The van der Waals surface area contributed by atoms with Crippen LogP contribution in [0.1, 0.15) is 0 Å². The highest BCUT2D eigenvalue weighted by Crippen LogP contribution is 2.09. The summed E-state index contributed by atoms with van der Waals surface area (Å²) in [5.41, 5.74) is 0.167. The molecule has 0 rings (SSSR count). The molecule has 3 heteroatoms. The Labute approximate surface area is 65.0 Å². The van der Waals surface area contributed by atoms with Crippen molar-refractivity contribution in [1.82, 2.24) is 0 Å². The first-order chi connectivity index (χ1) is 5.17. The summed E-state index contributed by atoms with van der Waals surface area (Å²) in [6.07, 6.45) is 1.60. The molecule has 0 heterocycles. The van der Waals surface area contributed by atoms with Crippen molar-refractivity contribution in [2.75, 3.05) is 6.61 Å². The number of aliphatic hydroxyl groups excluding tert-OH is 2. The third-order valence-corrected chi connectivity index (χ3v) is 1.19. The lowest BCUT2D eigenvalue weighted by Crippen LogP contribution is -1.99. The minimum Gasteiger partial charge on any atom is -0.508 e. The van der Waals surface area contributed by atoms with Crippen LogP contribution in [0.25, 0.3) is 0 Å². The summed E-state index contributed by atoms with van der Waals surface area (Å²) in [5.74, 6) is -0.218. The fraction of sp³-hybridized carbons (Fsp3) is 0.125. The molecule has 0 fully saturated rings. The van der Waals surface area contributed by atoms with Crippen LogP contribution >= 0.6 is 0 Å². The highest BCUT2D eigenvalue weighted by Gasteiger charge is 2.04. The predicted molar refractivity (Wildman–Crippen MR) is 42.1 cm³/mol. The van der Waals surface area contributed by atoms with Gasteiger partial charge in [0.15, 0.2) is 0 Å². The van der Waals surface area contributed by atoms with E-state index in [-0.39, 0.29) is 16.9 Å². The van der Waals surface area contributed by atoms with Crippen molar-refractivity contribution in [2.45, 2.75) is 0 Å². The molecule has 2 N–H and O–H groups in total. The van der Waals surface area contributed by atoms with E-state index in [0.717, 1.165) is 6.08 Å². The van der Waals surface area contributed by atoms with E-state index >= 15 is 0 Å². The Kier molecular flexibility index (Phi) is 3.92. The van der Waals surface area contributed by atoms with Gasteiger partial charge in [-0.25, -0.2) is 0 Å². The third kappa shape index (κ3) is 2.39. The molecule has 11 heavy (non-hydrogen) atoms. The van der Waals surface area contributed by atoms with Gasteiger partial charge in [-0.15, -0.1) is 0 Å².